The number of halogens is 3. The summed E-state index contributed by atoms with van der Waals surface area (Å²) < 4.78 is 45.7. The Balaban J connectivity index is 1.79. The molecular formula is C23H27F3N2O2. The summed E-state index contributed by atoms with van der Waals surface area (Å²) >= 11 is 0. The van der Waals surface area contributed by atoms with Gasteiger partial charge in [-0.15, -0.1) is 0 Å². The highest BCUT2D eigenvalue weighted by atomic mass is 19.4. The first-order valence-corrected chi connectivity index (χ1v) is 10.2. The van der Waals surface area contributed by atoms with Crippen LogP contribution in [0.15, 0.2) is 42.5 Å². The third-order valence-corrected chi connectivity index (χ3v) is 5.70. The molecule has 1 aromatic carbocycles. The minimum absolute atomic E-state index is 0.0258. The van der Waals surface area contributed by atoms with Crippen LogP contribution in [0.4, 0.5) is 13.2 Å². The van der Waals surface area contributed by atoms with E-state index in [9.17, 15) is 18.0 Å². The first-order valence-electron chi connectivity index (χ1n) is 10.2. The highest BCUT2D eigenvalue weighted by Crippen LogP contribution is 2.40. The van der Waals surface area contributed by atoms with Gasteiger partial charge < -0.3 is 4.74 Å². The van der Waals surface area contributed by atoms with Gasteiger partial charge in [-0.3, -0.25) is 14.7 Å². The van der Waals surface area contributed by atoms with E-state index in [0.717, 1.165) is 17.5 Å². The van der Waals surface area contributed by atoms with Crippen LogP contribution in [-0.4, -0.2) is 35.5 Å². The standard InChI is InChI=1S/C23H27F3N2O2/c1-3-30-21(29)22(15-18-8-4-5-10-20(18)23(24,25)26)11-13-28(14-12-22)16-19-9-6-7-17(2)27-19/h4-10H,3,11-16H2,1-2H3. The molecule has 4 nitrogen and oxygen atoms in total. The Morgan fingerprint density at radius 2 is 1.83 bits per heavy atom. The number of benzene rings is 1. The number of rotatable bonds is 6. The van der Waals surface area contributed by atoms with Gasteiger partial charge in [-0.05, 0) is 70.0 Å². The second kappa shape index (κ2) is 9.16. The summed E-state index contributed by atoms with van der Waals surface area (Å²) in [5, 5.41) is 0. The van der Waals surface area contributed by atoms with Gasteiger partial charge >= 0.3 is 12.1 Å². The third-order valence-electron chi connectivity index (χ3n) is 5.70. The molecular weight excluding hydrogens is 393 g/mol. The Labute approximate surface area is 175 Å². The van der Waals surface area contributed by atoms with E-state index in [-0.39, 0.29) is 18.6 Å². The van der Waals surface area contributed by atoms with Gasteiger partial charge in [0.1, 0.15) is 0 Å². The second-order valence-electron chi connectivity index (χ2n) is 7.88. The summed E-state index contributed by atoms with van der Waals surface area (Å²) in [6.45, 7) is 5.71. The quantitative estimate of drug-likeness (QED) is 0.630. The van der Waals surface area contributed by atoms with Gasteiger partial charge in [0.2, 0.25) is 0 Å². The normalized spacial score (nSPS) is 17.0. The monoisotopic (exact) mass is 420 g/mol. The molecule has 0 atom stereocenters. The van der Waals surface area contributed by atoms with Crippen molar-refractivity contribution in [3.63, 3.8) is 0 Å². The number of alkyl halides is 3. The SMILES string of the molecule is CCOC(=O)C1(Cc2ccccc2C(F)(F)F)CCN(Cc2cccc(C)n2)CC1. The summed E-state index contributed by atoms with van der Waals surface area (Å²) in [5.41, 5.74) is 0.399. The van der Waals surface area contributed by atoms with Gasteiger partial charge in [0.05, 0.1) is 23.3 Å². The molecule has 3 rings (SSSR count). The average molecular weight is 420 g/mol. The summed E-state index contributed by atoms with van der Waals surface area (Å²) in [5.74, 6) is -0.407. The summed E-state index contributed by atoms with van der Waals surface area (Å²) in [6.07, 6.45) is -3.53. The van der Waals surface area contributed by atoms with Crippen molar-refractivity contribution in [2.45, 2.75) is 45.8 Å². The zero-order chi connectivity index (χ0) is 21.8. The van der Waals surface area contributed by atoms with Crippen LogP contribution in [0.3, 0.4) is 0 Å². The van der Waals surface area contributed by atoms with Crippen molar-refractivity contribution in [1.82, 2.24) is 9.88 Å². The van der Waals surface area contributed by atoms with Crippen molar-refractivity contribution in [1.29, 1.82) is 0 Å². The number of aromatic nitrogens is 1. The summed E-state index contributed by atoms with van der Waals surface area (Å²) in [4.78, 5) is 19.6. The summed E-state index contributed by atoms with van der Waals surface area (Å²) in [6, 6.07) is 11.4. The predicted molar refractivity (Wildman–Crippen MR) is 108 cm³/mol. The lowest BCUT2D eigenvalue weighted by atomic mass is 9.73. The zero-order valence-corrected chi connectivity index (χ0v) is 17.3. The van der Waals surface area contributed by atoms with Crippen LogP contribution in [0.5, 0.6) is 0 Å². The van der Waals surface area contributed by atoms with Crippen molar-refractivity contribution in [3.05, 3.63) is 65.0 Å². The molecule has 0 amide bonds. The van der Waals surface area contributed by atoms with E-state index in [1.54, 1.807) is 13.0 Å². The molecule has 0 bridgehead atoms. The van der Waals surface area contributed by atoms with Crippen LogP contribution in [0.25, 0.3) is 0 Å². The highest BCUT2D eigenvalue weighted by Gasteiger charge is 2.44. The number of aryl methyl sites for hydroxylation is 1. The van der Waals surface area contributed by atoms with Gasteiger partial charge in [0.15, 0.2) is 0 Å². The van der Waals surface area contributed by atoms with Gasteiger partial charge in [-0.1, -0.05) is 24.3 Å². The maximum atomic E-state index is 13.5. The fourth-order valence-electron chi connectivity index (χ4n) is 4.11. The van der Waals surface area contributed by atoms with E-state index in [0.29, 0.717) is 32.5 Å². The van der Waals surface area contributed by atoms with Crippen molar-refractivity contribution in [3.8, 4) is 0 Å². The van der Waals surface area contributed by atoms with Gasteiger partial charge in [0, 0.05) is 12.2 Å². The lowest BCUT2D eigenvalue weighted by Gasteiger charge is -2.40. The Hall–Kier alpha value is -2.41. The number of hydrogen-bond acceptors (Lipinski definition) is 4. The van der Waals surface area contributed by atoms with Crippen molar-refractivity contribution in [2.75, 3.05) is 19.7 Å². The average Bonchev–Trinajstić information content (AvgIpc) is 2.69. The largest absolute Gasteiger partial charge is 0.466 e. The number of carbonyl (C=O) groups excluding carboxylic acids is 1. The lowest BCUT2D eigenvalue weighted by Crippen LogP contribution is -2.46. The van der Waals surface area contributed by atoms with Gasteiger partial charge in [-0.25, -0.2) is 0 Å². The number of esters is 1. The molecule has 1 fully saturated rings. The fourth-order valence-corrected chi connectivity index (χ4v) is 4.11. The molecule has 0 N–H and O–H groups in total. The van der Waals surface area contributed by atoms with E-state index >= 15 is 0 Å². The second-order valence-corrected chi connectivity index (χ2v) is 7.88. The van der Waals surface area contributed by atoms with Gasteiger partial charge in [0.25, 0.3) is 0 Å². The molecule has 1 aliphatic heterocycles. The van der Waals surface area contributed by atoms with E-state index in [2.05, 4.69) is 9.88 Å². The number of ether oxygens (including phenoxy) is 1. The molecule has 0 radical (unpaired) electrons. The number of hydrogen-bond donors (Lipinski definition) is 0. The van der Waals surface area contributed by atoms with Crippen LogP contribution in [0.1, 0.15) is 42.3 Å². The molecule has 30 heavy (non-hydrogen) atoms. The number of pyridine rings is 1. The highest BCUT2D eigenvalue weighted by molar-refractivity contribution is 5.77. The Bertz CT molecular complexity index is 875. The van der Waals surface area contributed by atoms with Crippen LogP contribution in [0, 0.1) is 12.3 Å². The molecule has 0 aliphatic carbocycles. The van der Waals surface area contributed by atoms with Crippen LogP contribution in [-0.2, 0) is 28.7 Å². The predicted octanol–water partition coefficient (Wildman–Crippen LogP) is 4.80. The topological polar surface area (TPSA) is 42.4 Å². The fraction of sp³-hybridized carbons (Fsp3) is 0.478. The molecule has 1 saturated heterocycles. The minimum Gasteiger partial charge on any atom is -0.466 e. The van der Waals surface area contributed by atoms with Crippen LogP contribution >= 0.6 is 0 Å². The molecule has 0 unspecified atom stereocenters. The zero-order valence-electron chi connectivity index (χ0n) is 17.3. The third kappa shape index (κ3) is 5.19. The van der Waals surface area contributed by atoms with Crippen molar-refractivity contribution < 1.29 is 22.7 Å². The van der Waals surface area contributed by atoms with Crippen molar-refractivity contribution in [2.24, 2.45) is 5.41 Å². The molecule has 7 heteroatoms. The molecule has 2 heterocycles. The van der Waals surface area contributed by atoms with Crippen molar-refractivity contribution >= 4 is 5.97 Å². The molecule has 162 valence electrons. The first-order chi connectivity index (χ1) is 14.2. The van der Waals surface area contributed by atoms with Crippen LogP contribution < -0.4 is 0 Å². The molecule has 2 aromatic rings. The maximum absolute atomic E-state index is 13.5. The lowest BCUT2D eigenvalue weighted by molar-refractivity contribution is -0.159. The van der Waals surface area contributed by atoms with E-state index in [4.69, 9.17) is 4.74 Å². The van der Waals surface area contributed by atoms with E-state index in [1.165, 1.54) is 12.1 Å². The maximum Gasteiger partial charge on any atom is 0.416 e. The van der Waals surface area contributed by atoms with Gasteiger partial charge in [-0.2, -0.15) is 13.2 Å². The Kier molecular flexibility index (Phi) is 6.81. The minimum atomic E-state index is -4.45. The van der Waals surface area contributed by atoms with E-state index < -0.39 is 23.1 Å². The number of nitrogens with zero attached hydrogens (tertiary/aromatic N) is 2. The number of likely N-dealkylation sites (tertiary alicyclic amines) is 1. The smallest absolute Gasteiger partial charge is 0.416 e. The van der Waals surface area contributed by atoms with E-state index in [1.807, 2.05) is 25.1 Å². The summed E-state index contributed by atoms with van der Waals surface area (Å²) in [7, 11) is 0. The molecule has 1 aromatic heterocycles. The molecule has 1 aliphatic rings. The van der Waals surface area contributed by atoms with Crippen LogP contribution in [0.2, 0.25) is 0 Å². The Morgan fingerprint density at radius 1 is 1.13 bits per heavy atom. The number of carbonyl (C=O) groups is 1. The first kappa shape index (κ1) is 22.3. The molecule has 0 spiro atoms. The molecule has 0 saturated carbocycles. The Morgan fingerprint density at radius 3 is 2.47 bits per heavy atom. The number of piperidine rings is 1.